The predicted molar refractivity (Wildman–Crippen MR) is 316 cm³/mol. The number of rotatable bonds is 12. The van der Waals surface area contributed by atoms with E-state index in [-0.39, 0.29) is 37.7 Å². The summed E-state index contributed by atoms with van der Waals surface area (Å²) in [7, 11) is -3.89. The van der Waals surface area contributed by atoms with Crippen LogP contribution in [0.3, 0.4) is 0 Å². The zero-order valence-corrected chi connectivity index (χ0v) is 46.9. The molecule has 8 heteroatoms. The second kappa shape index (κ2) is 34.1. The third-order valence-electron chi connectivity index (χ3n) is 11.7. The fourth-order valence-electron chi connectivity index (χ4n) is 8.09. The first-order chi connectivity index (χ1) is 34.3. The molecule has 0 amide bonds. The SMILES string of the molecule is C1CCOC1.C1CCOC1.C1CCOC1.[Ca+2].c1ccc([PH+]([CH-][PH+](c2ccccc2)c2ccccc2)c2ccccc2)cc1.c1ccc([PH+]([CH-][PH+](c2ccccc2)c2ccccc2)c2ccccc2)cc1. The Labute approximate surface area is 454 Å². The monoisotopic (exact) mass is 1030 g/mol. The molecule has 0 saturated carbocycles. The van der Waals surface area contributed by atoms with E-state index >= 15 is 0 Å². The van der Waals surface area contributed by atoms with Gasteiger partial charge in [0.15, 0.2) is 0 Å². The van der Waals surface area contributed by atoms with Crippen LogP contribution in [0.4, 0.5) is 0 Å². The molecule has 0 spiro atoms. The zero-order valence-electron chi connectivity index (χ0n) is 40.7. The van der Waals surface area contributed by atoms with Crippen molar-refractivity contribution >= 4 is 112 Å². The van der Waals surface area contributed by atoms with Crippen molar-refractivity contribution in [1.29, 1.82) is 0 Å². The van der Waals surface area contributed by atoms with Gasteiger partial charge in [-0.2, -0.15) is 0 Å². The normalized spacial score (nSPS) is 13.7. The molecule has 3 nitrogen and oxygen atoms in total. The Bertz CT molecular complexity index is 1950. The Morgan fingerprint density at radius 2 is 0.343 bits per heavy atom. The summed E-state index contributed by atoms with van der Waals surface area (Å²) in [6.45, 7) is 6.00. The van der Waals surface area contributed by atoms with Gasteiger partial charge in [0, 0.05) is 51.4 Å². The number of benzene rings is 8. The third kappa shape index (κ3) is 19.6. The van der Waals surface area contributed by atoms with Gasteiger partial charge < -0.3 is 14.2 Å². The van der Waals surface area contributed by atoms with Crippen molar-refractivity contribution in [1.82, 2.24) is 0 Å². The molecule has 3 saturated heterocycles. The first kappa shape index (κ1) is 55.9. The van der Waals surface area contributed by atoms with Gasteiger partial charge in [-0.15, -0.1) is 0 Å². The summed E-state index contributed by atoms with van der Waals surface area (Å²) in [5, 5.41) is 11.6. The van der Waals surface area contributed by atoms with Crippen LogP contribution in [0.2, 0.25) is 0 Å². The van der Waals surface area contributed by atoms with Crippen LogP contribution in [-0.4, -0.2) is 77.4 Å². The zero-order chi connectivity index (χ0) is 47.2. The molecule has 354 valence electrons. The topological polar surface area (TPSA) is 27.7 Å². The molecule has 3 heterocycles. The Kier molecular flexibility index (Phi) is 27.3. The van der Waals surface area contributed by atoms with Crippen molar-refractivity contribution in [2.75, 3.05) is 39.6 Å². The van der Waals surface area contributed by atoms with Gasteiger partial charge >= 0.3 is 37.7 Å². The van der Waals surface area contributed by atoms with E-state index in [2.05, 4.69) is 254 Å². The van der Waals surface area contributed by atoms with Crippen LogP contribution >= 0.6 is 31.7 Å². The standard InChI is InChI=1S/2C25H23P2.3C4H8O.Ca/c2*1-5-13-22(14-6-1)26(23-15-7-2-8-16-23)21-27(24-17-9-3-10-18-24)25-19-11-4-12-20-25;3*1-2-4-5-3-1;/h2*1-21,26-27H;3*1-4H2;/q2*+1;;;;+2. The number of hydrogen-bond acceptors (Lipinski definition) is 3. The maximum atomic E-state index is 4.94. The maximum absolute atomic E-state index is 4.94. The van der Waals surface area contributed by atoms with Gasteiger partial charge in [0.2, 0.25) is 0 Å². The van der Waals surface area contributed by atoms with Gasteiger partial charge in [0.1, 0.15) is 0 Å². The first-order valence-corrected chi connectivity index (χ1v) is 31.0. The van der Waals surface area contributed by atoms with Gasteiger partial charge in [0.25, 0.3) is 0 Å². The molecule has 0 aromatic heterocycles. The van der Waals surface area contributed by atoms with Crippen LogP contribution in [0.25, 0.3) is 0 Å². The Morgan fingerprint density at radius 1 is 0.214 bits per heavy atom. The third-order valence-corrected chi connectivity index (χ3v) is 24.0. The van der Waals surface area contributed by atoms with E-state index in [1.54, 1.807) is 0 Å². The van der Waals surface area contributed by atoms with Crippen LogP contribution < -0.4 is 42.4 Å². The van der Waals surface area contributed by atoms with Gasteiger partial charge in [-0.3, -0.25) is 0 Å². The van der Waals surface area contributed by atoms with Crippen molar-refractivity contribution in [3.63, 3.8) is 0 Å². The summed E-state index contributed by atoms with van der Waals surface area (Å²) in [5.41, 5.74) is 0. The van der Waals surface area contributed by atoms with Crippen LogP contribution in [-0.2, 0) is 14.2 Å². The van der Waals surface area contributed by atoms with E-state index < -0.39 is 31.7 Å². The molecule has 8 aromatic rings. The summed E-state index contributed by atoms with van der Waals surface area (Å²) >= 11 is 0. The van der Waals surface area contributed by atoms with E-state index in [9.17, 15) is 0 Å². The molecule has 3 aliphatic rings. The smallest absolute Gasteiger partial charge is 0.381 e. The fourth-order valence-corrected chi connectivity index (χ4v) is 21.5. The molecule has 0 bridgehead atoms. The molecule has 70 heavy (non-hydrogen) atoms. The molecule has 0 unspecified atom stereocenters. The second-order valence-electron chi connectivity index (χ2n) is 16.8. The minimum Gasteiger partial charge on any atom is -0.381 e. The van der Waals surface area contributed by atoms with Gasteiger partial charge in [0.05, 0.1) is 42.4 Å². The van der Waals surface area contributed by atoms with Crippen LogP contribution in [0.1, 0.15) is 38.5 Å². The van der Waals surface area contributed by atoms with Crippen LogP contribution in [0.5, 0.6) is 0 Å². The molecular weight excluding hydrogens is 957 g/mol. The number of hydrogen-bond donors (Lipinski definition) is 0. The quantitative estimate of drug-likeness (QED) is 0.0693. The average Bonchev–Trinajstić information content (AvgIpc) is 4.32. The van der Waals surface area contributed by atoms with Gasteiger partial charge in [-0.05, 0) is 167 Å². The number of ether oxygens (including phenoxy) is 3. The molecule has 0 radical (unpaired) electrons. The first-order valence-electron chi connectivity index (χ1n) is 24.7. The van der Waals surface area contributed by atoms with Gasteiger partial charge in [-0.25, -0.2) is 0 Å². The van der Waals surface area contributed by atoms with E-state index in [1.807, 2.05) is 0 Å². The van der Waals surface area contributed by atoms with Crippen molar-refractivity contribution in [2.45, 2.75) is 38.5 Å². The Balaban J connectivity index is 0.000000174. The molecule has 0 atom stereocenters. The van der Waals surface area contributed by atoms with Crippen molar-refractivity contribution in [2.24, 2.45) is 0 Å². The molecule has 11 rings (SSSR count). The minimum atomic E-state index is -0.972. The predicted octanol–water partition coefficient (Wildman–Crippen LogP) is 11.7. The summed E-state index contributed by atoms with van der Waals surface area (Å²) in [5.74, 6) is 5.37. The second-order valence-corrected chi connectivity index (χ2v) is 27.1. The summed E-state index contributed by atoms with van der Waals surface area (Å²) in [4.78, 5) is 0. The van der Waals surface area contributed by atoms with E-state index in [4.69, 9.17) is 14.2 Å². The molecule has 3 aliphatic heterocycles. The summed E-state index contributed by atoms with van der Waals surface area (Å²) < 4.78 is 14.8. The van der Waals surface area contributed by atoms with E-state index in [1.165, 1.54) is 81.0 Å². The molecule has 8 aromatic carbocycles. The maximum Gasteiger partial charge on any atom is 2.00 e. The molecule has 3 fully saturated rings. The summed E-state index contributed by atoms with van der Waals surface area (Å²) in [6.07, 6.45) is 7.67. The largest absolute Gasteiger partial charge is 2.00 e. The van der Waals surface area contributed by atoms with Crippen molar-refractivity contribution in [3.8, 4) is 0 Å². The molecule has 0 N–H and O–H groups in total. The van der Waals surface area contributed by atoms with Crippen molar-refractivity contribution in [3.05, 3.63) is 254 Å². The fraction of sp³-hybridized carbons (Fsp3) is 0.194. The van der Waals surface area contributed by atoms with E-state index in [0.29, 0.717) is 0 Å². The molecular formula is C62H70CaO3P4+4. The van der Waals surface area contributed by atoms with Crippen LogP contribution in [0, 0.1) is 11.8 Å². The van der Waals surface area contributed by atoms with Crippen LogP contribution in [0.15, 0.2) is 243 Å². The van der Waals surface area contributed by atoms with E-state index in [0.717, 1.165) is 39.6 Å². The Hall–Kier alpha value is -3.38. The van der Waals surface area contributed by atoms with Gasteiger partial charge in [-0.1, -0.05) is 146 Å². The average molecular weight is 1030 g/mol. The van der Waals surface area contributed by atoms with Crippen molar-refractivity contribution < 1.29 is 14.2 Å². The minimum absolute atomic E-state index is 0. The molecule has 0 aliphatic carbocycles. The summed E-state index contributed by atoms with van der Waals surface area (Å²) in [6, 6.07) is 88.0. The Morgan fingerprint density at radius 3 is 0.443 bits per heavy atom.